The maximum Gasteiger partial charge on any atom is 0.472 e. The van der Waals surface area contributed by atoms with E-state index in [9.17, 15) is 19.4 Å². The van der Waals surface area contributed by atoms with E-state index in [1.54, 1.807) is 0 Å². The summed E-state index contributed by atoms with van der Waals surface area (Å²) in [7, 11) is 1.61. The molecule has 8 nitrogen and oxygen atoms in total. The van der Waals surface area contributed by atoms with Crippen LogP contribution in [-0.2, 0) is 18.4 Å². The van der Waals surface area contributed by atoms with E-state index in [-0.39, 0.29) is 19.1 Å². The Morgan fingerprint density at radius 3 is 1.86 bits per heavy atom. The number of phosphoric acid groups is 1. The smallest absolute Gasteiger partial charge is 0.391 e. The van der Waals surface area contributed by atoms with Crippen molar-refractivity contribution >= 4 is 13.7 Å². The molecule has 3 atom stereocenters. The number of aliphatic hydroxyl groups excluding tert-OH is 1. The molecular formula is C27H58N2O6P+. The number of nitrogens with zero attached hydrogens (tertiary/aromatic N) is 1. The van der Waals surface area contributed by atoms with Gasteiger partial charge >= 0.3 is 7.82 Å². The maximum absolute atomic E-state index is 12.5. The molecule has 0 aliphatic carbocycles. The average molecular weight is 538 g/mol. The molecule has 36 heavy (non-hydrogen) atoms. The lowest BCUT2D eigenvalue weighted by Gasteiger charge is -2.26. The summed E-state index contributed by atoms with van der Waals surface area (Å²) in [5, 5.41) is 13.6. The quantitative estimate of drug-likeness (QED) is 0.0755. The minimum atomic E-state index is -4.28. The van der Waals surface area contributed by atoms with E-state index < -0.39 is 20.0 Å². The van der Waals surface area contributed by atoms with Crippen LogP contribution in [0.2, 0.25) is 0 Å². The van der Waals surface area contributed by atoms with Crippen molar-refractivity contribution in [2.45, 2.75) is 129 Å². The van der Waals surface area contributed by atoms with Crippen LogP contribution in [0.25, 0.3) is 0 Å². The molecule has 0 fully saturated rings. The minimum absolute atomic E-state index is 0.0765. The van der Waals surface area contributed by atoms with Crippen LogP contribution in [0.15, 0.2) is 0 Å². The number of aliphatic hydroxyl groups is 1. The fourth-order valence-electron chi connectivity index (χ4n) is 3.92. The summed E-state index contributed by atoms with van der Waals surface area (Å²) in [4.78, 5) is 22.6. The third-order valence-electron chi connectivity index (χ3n) is 6.36. The van der Waals surface area contributed by atoms with Gasteiger partial charge in [0.25, 0.3) is 0 Å². The Bertz CT molecular complexity index is 585. The number of carbonyl (C=O) groups excluding carboxylic acids is 1. The second kappa shape index (κ2) is 21.4. The highest BCUT2D eigenvalue weighted by molar-refractivity contribution is 7.47. The molecule has 0 saturated carbocycles. The molecule has 1 amide bonds. The largest absolute Gasteiger partial charge is 0.472 e. The van der Waals surface area contributed by atoms with Gasteiger partial charge in [0, 0.05) is 6.42 Å². The van der Waals surface area contributed by atoms with E-state index in [4.69, 9.17) is 9.05 Å². The third kappa shape index (κ3) is 22.7. The zero-order valence-electron chi connectivity index (χ0n) is 24.0. The first-order valence-electron chi connectivity index (χ1n) is 14.4. The minimum Gasteiger partial charge on any atom is -0.391 e. The third-order valence-corrected chi connectivity index (χ3v) is 7.34. The molecule has 0 bridgehead atoms. The van der Waals surface area contributed by atoms with Gasteiger partial charge in [-0.25, -0.2) is 4.57 Å². The van der Waals surface area contributed by atoms with E-state index in [1.807, 2.05) is 21.1 Å². The van der Waals surface area contributed by atoms with Crippen LogP contribution in [0.3, 0.4) is 0 Å². The summed E-state index contributed by atoms with van der Waals surface area (Å²) in [5.41, 5.74) is 0. The highest BCUT2D eigenvalue weighted by Gasteiger charge is 2.28. The molecule has 0 aromatic rings. The SMILES string of the molecule is CCCCCCCCCC(=O)NC(COP(=O)(O)OCC[N+](C)(C)C)C(O)CCCCCCCCC. The van der Waals surface area contributed by atoms with Crippen molar-refractivity contribution in [2.75, 3.05) is 40.9 Å². The van der Waals surface area contributed by atoms with Crippen molar-refractivity contribution in [1.29, 1.82) is 0 Å². The molecule has 3 N–H and O–H groups in total. The van der Waals surface area contributed by atoms with Gasteiger partial charge in [0.05, 0.1) is 39.9 Å². The number of hydrogen-bond acceptors (Lipinski definition) is 5. The standard InChI is InChI=1S/C27H57N2O6P/c1-6-8-10-12-14-16-18-20-26(30)25(24-35-36(32,33)34-23-22-29(3,4)5)28-27(31)21-19-17-15-13-11-9-7-2/h25-26,30H,6-24H2,1-5H3,(H-,28,31,32,33)/p+1. The number of amides is 1. The number of likely N-dealkylation sites (N-methyl/N-ethyl adjacent to an activating group) is 1. The molecule has 0 aromatic carbocycles. The number of nitrogens with one attached hydrogen (secondary N) is 1. The molecule has 3 unspecified atom stereocenters. The molecule has 9 heteroatoms. The molecule has 0 aromatic heterocycles. The van der Waals surface area contributed by atoms with E-state index in [0.717, 1.165) is 38.5 Å². The molecule has 0 saturated heterocycles. The predicted octanol–water partition coefficient (Wildman–Crippen LogP) is 5.95. The highest BCUT2D eigenvalue weighted by Crippen LogP contribution is 2.43. The Balaban J connectivity index is 4.63. The van der Waals surface area contributed by atoms with E-state index in [2.05, 4.69) is 19.2 Å². The van der Waals surface area contributed by atoms with Crippen molar-refractivity contribution < 1.29 is 32.9 Å². The second-order valence-corrected chi connectivity index (χ2v) is 12.6. The van der Waals surface area contributed by atoms with Gasteiger partial charge < -0.3 is 19.8 Å². The van der Waals surface area contributed by atoms with Crippen molar-refractivity contribution in [3.05, 3.63) is 0 Å². The summed E-state index contributed by atoms with van der Waals surface area (Å²) >= 11 is 0. The molecule has 0 aliphatic heterocycles. The van der Waals surface area contributed by atoms with Gasteiger partial charge in [-0.3, -0.25) is 13.8 Å². The van der Waals surface area contributed by atoms with Gasteiger partial charge in [0.2, 0.25) is 5.91 Å². The second-order valence-electron chi connectivity index (χ2n) is 11.1. The van der Waals surface area contributed by atoms with E-state index >= 15 is 0 Å². The highest BCUT2D eigenvalue weighted by atomic mass is 31.2. The predicted molar refractivity (Wildman–Crippen MR) is 148 cm³/mol. The Kier molecular flexibility index (Phi) is 21.1. The normalized spacial score (nSPS) is 15.4. The number of hydrogen-bond donors (Lipinski definition) is 3. The molecule has 0 aliphatic rings. The molecular weight excluding hydrogens is 479 g/mol. The van der Waals surface area contributed by atoms with Crippen LogP contribution in [0.1, 0.15) is 117 Å². The lowest BCUT2D eigenvalue weighted by atomic mass is 10.0. The summed E-state index contributed by atoms with van der Waals surface area (Å²) in [6.07, 6.45) is 15.8. The lowest BCUT2D eigenvalue weighted by molar-refractivity contribution is -0.870. The fraction of sp³-hybridized carbons (Fsp3) is 0.963. The van der Waals surface area contributed by atoms with Gasteiger partial charge in [-0.2, -0.15) is 0 Å². The van der Waals surface area contributed by atoms with Crippen LogP contribution >= 0.6 is 7.82 Å². The Hall–Kier alpha value is -0.500. The summed E-state index contributed by atoms with van der Waals surface area (Å²) in [6, 6.07) is -0.746. The Labute approximate surface area is 221 Å². The number of phosphoric ester groups is 1. The van der Waals surface area contributed by atoms with E-state index in [0.29, 0.717) is 23.9 Å². The number of carbonyl (C=O) groups is 1. The lowest BCUT2D eigenvalue weighted by Crippen LogP contribution is -2.46. The molecule has 0 rings (SSSR count). The number of unbranched alkanes of at least 4 members (excludes halogenated alkanes) is 12. The van der Waals surface area contributed by atoms with Crippen LogP contribution in [-0.4, -0.2) is 73.4 Å². The molecule has 0 radical (unpaired) electrons. The maximum atomic E-state index is 12.5. The first-order valence-corrected chi connectivity index (χ1v) is 15.9. The monoisotopic (exact) mass is 537 g/mol. The Morgan fingerprint density at radius 1 is 0.833 bits per heavy atom. The number of rotatable bonds is 25. The zero-order valence-corrected chi connectivity index (χ0v) is 24.9. The summed E-state index contributed by atoms with van der Waals surface area (Å²) in [5.74, 6) is -0.158. The molecule has 216 valence electrons. The van der Waals surface area contributed by atoms with Gasteiger partial charge in [0.15, 0.2) is 0 Å². The van der Waals surface area contributed by atoms with Crippen molar-refractivity contribution in [3.63, 3.8) is 0 Å². The van der Waals surface area contributed by atoms with Crippen molar-refractivity contribution in [3.8, 4) is 0 Å². The van der Waals surface area contributed by atoms with Crippen LogP contribution in [0.4, 0.5) is 0 Å². The summed E-state index contributed by atoms with van der Waals surface area (Å²) in [6.45, 7) is 4.75. The fourth-order valence-corrected chi connectivity index (χ4v) is 4.66. The zero-order chi connectivity index (χ0) is 27.3. The van der Waals surface area contributed by atoms with Crippen molar-refractivity contribution in [1.82, 2.24) is 5.32 Å². The Morgan fingerprint density at radius 2 is 1.33 bits per heavy atom. The van der Waals surface area contributed by atoms with Gasteiger partial charge in [-0.1, -0.05) is 97.3 Å². The topological polar surface area (TPSA) is 105 Å². The van der Waals surface area contributed by atoms with Gasteiger partial charge in [0.1, 0.15) is 13.2 Å². The van der Waals surface area contributed by atoms with Crippen molar-refractivity contribution in [2.24, 2.45) is 0 Å². The molecule has 0 heterocycles. The van der Waals surface area contributed by atoms with Gasteiger partial charge in [-0.05, 0) is 12.8 Å². The first-order chi connectivity index (χ1) is 17.0. The summed E-state index contributed by atoms with van der Waals surface area (Å²) < 4.78 is 23.2. The number of quaternary nitrogens is 1. The van der Waals surface area contributed by atoms with E-state index in [1.165, 1.54) is 51.4 Å². The average Bonchev–Trinajstić information content (AvgIpc) is 2.79. The van der Waals surface area contributed by atoms with Crippen LogP contribution in [0.5, 0.6) is 0 Å². The van der Waals surface area contributed by atoms with Crippen LogP contribution < -0.4 is 5.32 Å². The van der Waals surface area contributed by atoms with Crippen LogP contribution in [0, 0.1) is 0 Å². The van der Waals surface area contributed by atoms with Gasteiger partial charge in [-0.15, -0.1) is 0 Å². The molecule has 0 spiro atoms. The first kappa shape index (κ1) is 35.5.